The number of amides is 2. The second-order valence-corrected chi connectivity index (χ2v) is 8.43. The van der Waals surface area contributed by atoms with Crippen molar-refractivity contribution >= 4 is 63.3 Å². The van der Waals surface area contributed by atoms with E-state index in [4.69, 9.17) is 23.2 Å². The second-order valence-electron chi connectivity index (χ2n) is 6.38. The Bertz CT molecular complexity index is 983. The predicted molar refractivity (Wildman–Crippen MR) is 118 cm³/mol. The van der Waals surface area contributed by atoms with Crippen LogP contribution in [0.2, 0.25) is 5.02 Å². The van der Waals surface area contributed by atoms with Crippen molar-refractivity contribution in [2.75, 3.05) is 11.9 Å². The van der Waals surface area contributed by atoms with Gasteiger partial charge in [0.1, 0.15) is 11.0 Å². The lowest BCUT2D eigenvalue weighted by Gasteiger charge is -2.30. The Morgan fingerprint density at radius 2 is 1.90 bits per heavy atom. The predicted octanol–water partition coefficient (Wildman–Crippen LogP) is 5.49. The number of carbonyl (C=O) groups is 2. The van der Waals surface area contributed by atoms with E-state index in [1.54, 1.807) is 31.2 Å². The Kier molecular flexibility index (Phi) is 7.40. The van der Waals surface area contributed by atoms with Crippen LogP contribution in [0.15, 0.2) is 53.5 Å². The van der Waals surface area contributed by atoms with Crippen LogP contribution < -0.4 is 10.1 Å². The minimum atomic E-state index is -3.82. The number of thioether (sulfide) groups is 1. The molecular formula is C20H17Cl2F2N3O3S. The van der Waals surface area contributed by atoms with Crippen molar-refractivity contribution in [1.29, 1.82) is 0 Å². The molecule has 0 aliphatic carbocycles. The standard InChI is InChI=1S/C20H17Cl2F2N3O3S/c1-2-27-17(28)11-16(18(29)25-13-5-3-12(21)4-6-13)31-19(27)26-14-7-9-15(10-8-14)30-20(22,23)24/h3-10,16H,2,11H2,1H3,(H,25,29)/t16-/m0/s1. The monoisotopic (exact) mass is 487 g/mol. The molecule has 164 valence electrons. The van der Waals surface area contributed by atoms with Gasteiger partial charge < -0.3 is 10.1 Å². The van der Waals surface area contributed by atoms with Crippen LogP contribution in [0.1, 0.15) is 13.3 Å². The molecule has 1 aliphatic rings. The quantitative estimate of drug-likeness (QED) is 0.547. The molecule has 0 spiro atoms. The number of hydrogen-bond acceptors (Lipinski definition) is 5. The highest BCUT2D eigenvalue weighted by atomic mass is 35.5. The van der Waals surface area contributed by atoms with Crippen molar-refractivity contribution in [2.45, 2.75) is 24.2 Å². The van der Waals surface area contributed by atoms with E-state index in [2.05, 4.69) is 15.0 Å². The van der Waals surface area contributed by atoms with Gasteiger partial charge in [-0.2, -0.15) is 0 Å². The summed E-state index contributed by atoms with van der Waals surface area (Å²) in [6.45, 7) is 2.16. The van der Waals surface area contributed by atoms with Crippen LogP contribution in [-0.4, -0.2) is 39.2 Å². The van der Waals surface area contributed by atoms with Gasteiger partial charge in [0.05, 0.1) is 5.69 Å². The van der Waals surface area contributed by atoms with Crippen molar-refractivity contribution in [3.63, 3.8) is 0 Å². The van der Waals surface area contributed by atoms with E-state index in [0.29, 0.717) is 28.1 Å². The first-order valence-electron chi connectivity index (χ1n) is 9.12. The Labute approximate surface area is 191 Å². The summed E-state index contributed by atoms with van der Waals surface area (Å²) >= 11 is 11.8. The number of nitrogens with zero attached hydrogens (tertiary/aromatic N) is 2. The highest BCUT2D eigenvalue weighted by molar-refractivity contribution is 8.15. The molecule has 1 N–H and O–H groups in total. The van der Waals surface area contributed by atoms with E-state index in [9.17, 15) is 18.4 Å². The van der Waals surface area contributed by atoms with Gasteiger partial charge in [-0.1, -0.05) is 23.4 Å². The molecule has 1 fully saturated rings. The lowest BCUT2D eigenvalue weighted by molar-refractivity contribution is -0.129. The number of amidine groups is 1. The fourth-order valence-corrected chi connectivity index (χ4v) is 4.12. The zero-order valence-electron chi connectivity index (χ0n) is 16.1. The summed E-state index contributed by atoms with van der Waals surface area (Å²) in [4.78, 5) is 31.1. The number of carbonyl (C=O) groups excluding carboxylic acids is 2. The van der Waals surface area contributed by atoms with Gasteiger partial charge in [-0.3, -0.25) is 14.5 Å². The van der Waals surface area contributed by atoms with E-state index >= 15 is 0 Å². The first kappa shape index (κ1) is 23.3. The summed E-state index contributed by atoms with van der Waals surface area (Å²) in [6, 6.07) is 12.1. The molecular weight excluding hydrogens is 471 g/mol. The van der Waals surface area contributed by atoms with Crippen molar-refractivity contribution in [1.82, 2.24) is 4.90 Å². The largest absolute Gasteiger partial charge is 0.487 e. The average Bonchev–Trinajstić information content (AvgIpc) is 2.70. The van der Waals surface area contributed by atoms with Crippen LogP contribution in [0, 0.1) is 0 Å². The van der Waals surface area contributed by atoms with Crippen LogP contribution in [0.5, 0.6) is 5.75 Å². The Morgan fingerprint density at radius 1 is 1.26 bits per heavy atom. The van der Waals surface area contributed by atoms with Gasteiger partial charge in [0.2, 0.25) is 11.8 Å². The second kappa shape index (κ2) is 9.84. The molecule has 11 heteroatoms. The third kappa shape index (κ3) is 6.56. The summed E-state index contributed by atoms with van der Waals surface area (Å²) in [5, 5.41) is 2.96. The molecule has 6 nitrogen and oxygen atoms in total. The number of ether oxygens (including phenoxy) is 1. The number of nitrogens with one attached hydrogen (secondary N) is 1. The number of aliphatic imine (C=N–C) groups is 1. The van der Waals surface area contributed by atoms with Gasteiger partial charge in [0, 0.05) is 35.3 Å². The van der Waals surface area contributed by atoms with Crippen LogP contribution in [0.3, 0.4) is 0 Å². The SMILES string of the molecule is CCN1C(=O)C[C@@H](C(=O)Nc2ccc(Cl)cc2)SC1=Nc1ccc(OC(F)(F)Cl)cc1. The molecule has 1 saturated heterocycles. The van der Waals surface area contributed by atoms with Crippen LogP contribution in [-0.2, 0) is 9.59 Å². The lowest BCUT2D eigenvalue weighted by atomic mass is 10.2. The van der Waals surface area contributed by atoms with Gasteiger partial charge in [-0.15, -0.1) is 8.78 Å². The third-order valence-corrected chi connectivity index (χ3v) is 5.67. The lowest BCUT2D eigenvalue weighted by Crippen LogP contribution is -2.45. The maximum absolute atomic E-state index is 12.7. The Morgan fingerprint density at radius 3 is 2.48 bits per heavy atom. The summed E-state index contributed by atoms with van der Waals surface area (Å²) in [7, 11) is 0. The van der Waals surface area contributed by atoms with Crippen molar-refractivity contribution in [3.8, 4) is 5.75 Å². The molecule has 31 heavy (non-hydrogen) atoms. The molecule has 0 unspecified atom stereocenters. The number of halogens is 4. The molecule has 3 rings (SSSR count). The van der Waals surface area contributed by atoms with Crippen LogP contribution in [0.4, 0.5) is 20.2 Å². The molecule has 0 saturated carbocycles. The van der Waals surface area contributed by atoms with E-state index in [0.717, 1.165) is 11.8 Å². The van der Waals surface area contributed by atoms with E-state index in [1.807, 2.05) is 0 Å². The maximum atomic E-state index is 12.7. The van der Waals surface area contributed by atoms with Gasteiger partial charge >= 0.3 is 5.57 Å². The third-order valence-electron chi connectivity index (χ3n) is 4.16. The average molecular weight is 488 g/mol. The fraction of sp³-hybridized carbons (Fsp3) is 0.250. The van der Waals surface area contributed by atoms with Gasteiger partial charge in [-0.05, 0) is 55.5 Å². The highest BCUT2D eigenvalue weighted by Crippen LogP contribution is 2.31. The minimum absolute atomic E-state index is 0.0224. The Balaban J connectivity index is 1.76. The van der Waals surface area contributed by atoms with Crippen molar-refractivity contribution < 1.29 is 23.1 Å². The van der Waals surface area contributed by atoms with Gasteiger partial charge in [-0.25, -0.2) is 4.99 Å². The van der Waals surface area contributed by atoms with Gasteiger partial charge in [0.15, 0.2) is 5.17 Å². The molecule has 1 aliphatic heterocycles. The van der Waals surface area contributed by atoms with Crippen LogP contribution >= 0.6 is 35.0 Å². The Hall–Kier alpha value is -2.36. The maximum Gasteiger partial charge on any atom is 0.487 e. The molecule has 0 radical (unpaired) electrons. The summed E-state index contributed by atoms with van der Waals surface area (Å²) < 4.78 is 29.8. The zero-order valence-corrected chi connectivity index (χ0v) is 18.5. The number of hydrogen-bond donors (Lipinski definition) is 1. The topological polar surface area (TPSA) is 71.0 Å². The number of alkyl halides is 3. The normalized spacial score (nSPS) is 18.2. The first-order valence-corrected chi connectivity index (χ1v) is 10.8. The molecule has 0 bridgehead atoms. The fourth-order valence-electron chi connectivity index (χ4n) is 2.74. The molecule has 1 heterocycles. The molecule has 2 amide bonds. The van der Waals surface area contributed by atoms with Crippen molar-refractivity contribution in [3.05, 3.63) is 53.6 Å². The van der Waals surface area contributed by atoms with Gasteiger partial charge in [0.25, 0.3) is 0 Å². The number of benzene rings is 2. The summed E-state index contributed by atoms with van der Waals surface area (Å²) in [6.07, 6.45) is 0.0224. The smallest absolute Gasteiger partial charge is 0.420 e. The molecule has 2 aromatic rings. The van der Waals surface area contributed by atoms with Crippen LogP contribution in [0.25, 0.3) is 0 Å². The van der Waals surface area contributed by atoms with E-state index in [-0.39, 0.29) is 24.0 Å². The first-order chi connectivity index (χ1) is 14.6. The van der Waals surface area contributed by atoms with E-state index < -0.39 is 10.8 Å². The molecule has 0 aromatic heterocycles. The number of anilines is 1. The zero-order chi connectivity index (χ0) is 22.6. The van der Waals surface area contributed by atoms with E-state index in [1.165, 1.54) is 29.2 Å². The molecule has 2 aromatic carbocycles. The highest BCUT2D eigenvalue weighted by Gasteiger charge is 2.35. The summed E-state index contributed by atoms with van der Waals surface area (Å²) in [5.41, 5.74) is -2.86. The number of rotatable bonds is 6. The minimum Gasteiger partial charge on any atom is -0.420 e. The van der Waals surface area contributed by atoms with Crippen molar-refractivity contribution in [2.24, 2.45) is 4.99 Å². The summed E-state index contributed by atoms with van der Waals surface area (Å²) in [5.74, 6) is -0.709. The molecule has 1 atom stereocenters.